The molecule has 0 bridgehead atoms. The zero-order valence-electron chi connectivity index (χ0n) is 11.7. The highest BCUT2D eigenvalue weighted by molar-refractivity contribution is 5.80. The van der Waals surface area contributed by atoms with Gasteiger partial charge in [0.2, 0.25) is 5.91 Å². The van der Waals surface area contributed by atoms with Crippen LogP contribution < -0.4 is 11.1 Å². The van der Waals surface area contributed by atoms with Gasteiger partial charge >= 0.3 is 0 Å². The SMILES string of the molecule is CC1CN(C)CCC1NC(=O)Cc1ccccc1N. The van der Waals surface area contributed by atoms with Crippen molar-refractivity contribution in [1.82, 2.24) is 10.2 Å². The first-order valence-electron chi connectivity index (χ1n) is 6.87. The molecule has 104 valence electrons. The van der Waals surface area contributed by atoms with Crippen molar-refractivity contribution in [3.05, 3.63) is 29.8 Å². The molecule has 1 aromatic carbocycles. The Kier molecular flexibility index (Phi) is 4.43. The summed E-state index contributed by atoms with van der Waals surface area (Å²) >= 11 is 0. The lowest BCUT2D eigenvalue weighted by Crippen LogP contribution is -2.49. The minimum Gasteiger partial charge on any atom is -0.398 e. The van der Waals surface area contributed by atoms with Gasteiger partial charge in [0.25, 0.3) is 0 Å². The van der Waals surface area contributed by atoms with E-state index < -0.39 is 0 Å². The lowest BCUT2D eigenvalue weighted by Gasteiger charge is -2.35. The number of benzene rings is 1. The molecule has 2 unspecified atom stereocenters. The molecule has 1 fully saturated rings. The second kappa shape index (κ2) is 6.06. The number of amides is 1. The minimum atomic E-state index is 0.0688. The quantitative estimate of drug-likeness (QED) is 0.806. The van der Waals surface area contributed by atoms with E-state index in [0.717, 1.165) is 25.1 Å². The first kappa shape index (κ1) is 13.9. The van der Waals surface area contributed by atoms with Crippen molar-refractivity contribution >= 4 is 11.6 Å². The number of piperidine rings is 1. The van der Waals surface area contributed by atoms with Gasteiger partial charge in [-0.05, 0) is 37.6 Å². The number of nitrogens with zero attached hydrogens (tertiary/aromatic N) is 1. The van der Waals surface area contributed by atoms with E-state index in [1.165, 1.54) is 0 Å². The minimum absolute atomic E-state index is 0.0688. The lowest BCUT2D eigenvalue weighted by atomic mass is 9.94. The molecular formula is C15H23N3O. The fourth-order valence-electron chi connectivity index (χ4n) is 2.69. The van der Waals surface area contributed by atoms with E-state index in [-0.39, 0.29) is 11.9 Å². The van der Waals surface area contributed by atoms with Gasteiger partial charge in [0, 0.05) is 18.3 Å². The van der Waals surface area contributed by atoms with E-state index in [2.05, 4.69) is 24.2 Å². The number of anilines is 1. The summed E-state index contributed by atoms with van der Waals surface area (Å²) in [5.74, 6) is 0.565. The molecule has 1 aliphatic heterocycles. The number of carbonyl (C=O) groups is 1. The van der Waals surface area contributed by atoms with Crippen LogP contribution >= 0.6 is 0 Å². The normalized spacial score (nSPS) is 24.1. The number of nitrogen functional groups attached to an aromatic ring is 1. The Hall–Kier alpha value is -1.55. The van der Waals surface area contributed by atoms with Crippen molar-refractivity contribution in [2.45, 2.75) is 25.8 Å². The summed E-state index contributed by atoms with van der Waals surface area (Å²) in [6.45, 7) is 4.28. The molecule has 4 heteroatoms. The van der Waals surface area contributed by atoms with Crippen molar-refractivity contribution in [2.75, 3.05) is 25.9 Å². The predicted molar refractivity (Wildman–Crippen MR) is 77.8 cm³/mol. The summed E-state index contributed by atoms with van der Waals surface area (Å²) in [6, 6.07) is 7.83. The number of rotatable bonds is 3. The fourth-order valence-corrected chi connectivity index (χ4v) is 2.69. The number of nitrogens with one attached hydrogen (secondary N) is 1. The molecule has 19 heavy (non-hydrogen) atoms. The summed E-state index contributed by atoms with van der Waals surface area (Å²) in [7, 11) is 2.12. The molecule has 0 radical (unpaired) electrons. The maximum Gasteiger partial charge on any atom is 0.224 e. The number of carbonyl (C=O) groups excluding carboxylic acids is 1. The monoisotopic (exact) mass is 261 g/mol. The molecule has 0 aromatic heterocycles. The van der Waals surface area contributed by atoms with Crippen LogP contribution in [0.1, 0.15) is 18.9 Å². The van der Waals surface area contributed by atoms with Gasteiger partial charge in [-0.3, -0.25) is 4.79 Å². The lowest BCUT2D eigenvalue weighted by molar-refractivity contribution is -0.121. The second-order valence-corrected chi connectivity index (χ2v) is 5.58. The highest BCUT2D eigenvalue weighted by atomic mass is 16.1. The summed E-state index contributed by atoms with van der Waals surface area (Å²) in [4.78, 5) is 14.4. The first-order valence-corrected chi connectivity index (χ1v) is 6.87. The third-order valence-corrected chi connectivity index (χ3v) is 3.86. The molecule has 0 aliphatic carbocycles. The van der Waals surface area contributed by atoms with E-state index >= 15 is 0 Å². The second-order valence-electron chi connectivity index (χ2n) is 5.58. The zero-order valence-corrected chi connectivity index (χ0v) is 11.7. The fraction of sp³-hybridized carbons (Fsp3) is 0.533. The number of nitrogens with two attached hydrogens (primary N) is 1. The average Bonchev–Trinajstić information content (AvgIpc) is 2.36. The molecule has 2 rings (SSSR count). The van der Waals surface area contributed by atoms with Crippen LogP contribution in [0.4, 0.5) is 5.69 Å². The van der Waals surface area contributed by atoms with E-state index in [9.17, 15) is 4.79 Å². The zero-order chi connectivity index (χ0) is 13.8. The summed E-state index contributed by atoms with van der Waals surface area (Å²) in [5.41, 5.74) is 7.45. The van der Waals surface area contributed by atoms with Gasteiger partial charge < -0.3 is 16.0 Å². The molecule has 2 atom stereocenters. The topological polar surface area (TPSA) is 58.4 Å². The van der Waals surface area contributed by atoms with Gasteiger partial charge in [0.15, 0.2) is 0 Å². The average molecular weight is 261 g/mol. The van der Waals surface area contributed by atoms with Crippen molar-refractivity contribution < 1.29 is 4.79 Å². The van der Waals surface area contributed by atoms with E-state index in [4.69, 9.17) is 5.73 Å². The Balaban J connectivity index is 1.90. The molecule has 1 heterocycles. The van der Waals surface area contributed by atoms with Crippen LogP contribution in [0.5, 0.6) is 0 Å². The highest BCUT2D eigenvalue weighted by Gasteiger charge is 2.25. The maximum atomic E-state index is 12.1. The largest absolute Gasteiger partial charge is 0.398 e. The molecule has 3 N–H and O–H groups in total. The van der Waals surface area contributed by atoms with E-state index in [1.807, 2.05) is 24.3 Å². The van der Waals surface area contributed by atoms with Gasteiger partial charge in [-0.2, -0.15) is 0 Å². The summed E-state index contributed by atoms with van der Waals surface area (Å²) in [6.07, 6.45) is 1.39. The third kappa shape index (κ3) is 3.70. The van der Waals surface area contributed by atoms with Gasteiger partial charge in [0.1, 0.15) is 0 Å². The Bertz CT molecular complexity index is 447. The van der Waals surface area contributed by atoms with E-state index in [0.29, 0.717) is 18.0 Å². The van der Waals surface area contributed by atoms with Gasteiger partial charge in [0.05, 0.1) is 6.42 Å². The van der Waals surface area contributed by atoms with Crippen LogP contribution in [0.3, 0.4) is 0 Å². The maximum absolute atomic E-state index is 12.1. The summed E-state index contributed by atoms with van der Waals surface area (Å²) < 4.78 is 0. The molecule has 1 aromatic rings. The smallest absolute Gasteiger partial charge is 0.224 e. The van der Waals surface area contributed by atoms with Crippen LogP contribution in [0, 0.1) is 5.92 Å². The Morgan fingerprint density at radius 1 is 1.47 bits per heavy atom. The molecular weight excluding hydrogens is 238 g/mol. The summed E-state index contributed by atoms with van der Waals surface area (Å²) in [5, 5.41) is 3.14. The molecule has 0 spiro atoms. The van der Waals surface area contributed by atoms with Gasteiger partial charge in [-0.25, -0.2) is 0 Å². The molecule has 1 amide bonds. The Morgan fingerprint density at radius 2 is 2.21 bits per heavy atom. The van der Waals surface area contributed by atoms with Crippen molar-refractivity contribution in [2.24, 2.45) is 5.92 Å². The number of hydrogen-bond donors (Lipinski definition) is 2. The number of para-hydroxylation sites is 1. The van der Waals surface area contributed by atoms with Crippen molar-refractivity contribution in [3.63, 3.8) is 0 Å². The van der Waals surface area contributed by atoms with Crippen LogP contribution in [-0.2, 0) is 11.2 Å². The van der Waals surface area contributed by atoms with Crippen molar-refractivity contribution in [3.8, 4) is 0 Å². The molecule has 4 nitrogen and oxygen atoms in total. The standard InChI is InChI=1S/C15H23N3O/c1-11-10-18(2)8-7-14(11)17-15(19)9-12-5-3-4-6-13(12)16/h3-6,11,14H,7-10,16H2,1-2H3,(H,17,19). The van der Waals surface area contributed by atoms with Crippen LogP contribution in [0.25, 0.3) is 0 Å². The van der Waals surface area contributed by atoms with Crippen LogP contribution in [-0.4, -0.2) is 37.0 Å². The number of hydrogen-bond acceptors (Lipinski definition) is 3. The Labute approximate surface area is 115 Å². The molecule has 1 aliphatic rings. The van der Waals surface area contributed by atoms with Crippen LogP contribution in [0.2, 0.25) is 0 Å². The molecule has 0 saturated carbocycles. The highest BCUT2D eigenvalue weighted by Crippen LogP contribution is 2.16. The predicted octanol–water partition coefficient (Wildman–Crippen LogP) is 1.27. The third-order valence-electron chi connectivity index (χ3n) is 3.86. The van der Waals surface area contributed by atoms with Gasteiger partial charge in [-0.15, -0.1) is 0 Å². The van der Waals surface area contributed by atoms with Crippen molar-refractivity contribution in [1.29, 1.82) is 0 Å². The van der Waals surface area contributed by atoms with Gasteiger partial charge in [-0.1, -0.05) is 25.1 Å². The molecule has 1 saturated heterocycles. The first-order chi connectivity index (χ1) is 9.06. The van der Waals surface area contributed by atoms with E-state index in [1.54, 1.807) is 0 Å². The van der Waals surface area contributed by atoms with Crippen LogP contribution in [0.15, 0.2) is 24.3 Å². The number of likely N-dealkylation sites (tertiary alicyclic amines) is 1. The Morgan fingerprint density at radius 3 is 2.89 bits per heavy atom.